The minimum Gasteiger partial charge on any atom is -0.293 e. The third kappa shape index (κ3) is 1.74. The number of hydrogen-bond acceptors (Lipinski definition) is 1. The van der Waals surface area contributed by atoms with Crippen LogP contribution >= 0.6 is 11.6 Å². The zero-order valence-corrected chi connectivity index (χ0v) is 5.01. The number of carbonyl (C=O) groups is 1. The zero-order valence-electron chi connectivity index (χ0n) is 4.25. The minimum atomic E-state index is -3.33. The van der Waals surface area contributed by atoms with Crippen LogP contribution in [0.15, 0.2) is 0 Å². The molecule has 0 spiro atoms. The van der Waals surface area contributed by atoms with Gasteiger partial charge in [0.25, 0.3) is 0 Å². The third-order valence-corrected chi connectivity index (χ3v) is 1.02. The van der Waals surface area contributed by atoms with Crippen LogP contribution in [0.1, 0.15) is 6.92 Å². The van der Waals surface area contributed by atoms with Crippen molar-refractivity contribution < 1.29 is 13.6 Å². The number of alkyl halides is 3. The Balaban J connectivity index is 3.91. The lowest BCUT2D eigenvalue weighted by Gasteiger charge is -2.05. The first-order valence-corrected chi connectivity index (χ1v) is 2.49. The van der Waals surface area contributed by atoms with Crippen molar-refractivity contribution >= 4 is 17.4 Å². The highest BCUT2D eigenvalue weighted by molar-refractivity contribution is 6.20. The van der Waals surface area contributed by atoms with E-state index in [0.29, 0.717) is 0 Å². The van der Waals surface area contributed by atoms with Gasteiger partial charge in [-0.2, -0.15) is 8.78 Å². The Hall–Kier alpha value is -0.180. The summed E-state index contributed by atoms with van der Waals surface area (Å²) in [7, 11) is 0. The van der Waals surface area contributed by atoms with Gasteiger partial charge in [0.15, 0.2) is 5.78 Å². The monoisotopic (exact) mass is 142 g/mol. The molecule has 1 nitrogen and oxygen atoms in total. The van der Waals surface area contributed by atoms with E-state index in [2.05, 4.69) is 0 Å². The van der Waals surface area contributed by atoms with Gasteiger partial charge in [0.05, 0.1) is 5.88 Å². The van der Waals surface area contributed by atoms with Crippen LogP contribution in [0, 0.1) is 0 Å². The van der Waals surface area contributed by atoms with Crippen LogP contribution in [0.3, 0.4) is 0 Å². The Morgan fingerprint density at radius 1 is 1.75 bits per heavy atom. The Kier molecular flexibility index (Phi) is 2.34. The third-order valence-electron chi connectivity index (χ3n) is 0.683. The summed E-state index contributed by atoms with van der Waals surface area (Å²) in [5.74, 6) is -5.45. The van der Waals surface area contributed by atoms with Crippen LogP contribution < -0.4 is 0 Å². The van der Waals surface area contributed by atoms with Crippen LogP contribution in [0.5, 0.6) is 0 Å². The van der Waals surface area contributed by atoms with Crippen molar-refractivity contribution in [3.63, 3.8) is 0 Å². The molecule has 0 radical (unpaired) electrons. The fourth-order valence-electron chi connectivity index (χ4n) is 0.0941. The molecular formula is C4H5ClF2O. The van der Waals surface area contributed by atoms with E-state index >= 15 is 0 Å². The largest absolute Gasteiger partial charge is 0.318 e. The molecule has 0 N–H and O–H groups in total. The molecule has 0 bridgehead atoms. The highest BCUT2D eigenvalue weighted by Gasteiger charge is 2.33. The predicted molar refractivity (Wildman–Crippen MR) is 26.3 cm³/mol. The van der Waals surface area contributed by atoms with Gasteiger partial charge in [-0.15, -0.1) is 11.6 Å². The molecule has 0 amide bonds. The summed E-state index contributed by atoms with van der Waals surface area (Å²) in [5.41, 5.74) is 0. The van der Waals surface area contributed by atoms with Gasteiger partial charge in [-0.25, -0.2) is 0 Å². The number of halogens is 3. The highest BCUT2D eigenvalue weighted by Crippen LogP contribution is 2.15. The Morgan fingerprint density at radius 2 is 2.12 bits per heavy atom. The second-order valence-electron chi connectivity index (χ2n) is 1.39. The fraction of sp³-hybridized carbons (Fsp3) is 0.750. The SMILES string of the molecule is CC(=O)C(F)(F)CCl. The van der Waals surface area contributed by atoms with E-state index in [4.69, 9.17) is 11.6 Å². The van der Waals surface area contributed by atoms with Gasteiger partial charge in [-0.1, -0.05) is 0 Å². The van der Waals surface area contributed by atoms with E-state index in [-0.39, 0.29) is 0 Å². The van der Waals surface area contributed by atoms with E-state index in [1.165, 1.54) is 0 Å². The van der Waals surface area contributed by atoms with E-state index < -0.39 is 17.6 Å². The lowest BCUT2D eigenvalue weighted by atomic mass is 10.3. The van der Waals surface area contributed by atoms with Crippen LogP contribution in [0.2, 0.25) is 0 Å². The van der Waals surface area contributed by atoms with Crippen molar-refractivity contribution in [1.29, 1.82) is 0 Å². The van der Waals surface area contributed by atoms with Gasteiger partial charge in [0.2, 0.25) is 0 Å². The zero-order chi connectivity index (χ0) is 6.78. The van der Waals surface area contributed by atoms with Gasteiger partial charge < -0.3 is 0 Å². The summed E-state index contributed by atoms with van der Waals surface area (Å²) in [6.45, 7) is 0.808. The van der Waals surface area contributed by atoms with Gasteiger partial charge in [0, 0.05) is 6.92 Å². The summed E-state index contributed by atoms with van der Waals surface area (Å²) in [4.78, 5) is 9.86. The smallest absolute Gasteiger partial charge is 0.293 e. The molecule has 0 aromatic heterocycles. The van der Waals surface area contributed by atoms with Gasteiger partial charge in [-0.3, -0.25) is 4.79 Å². The summed E-state index contributed by atoms with van der Waals surface area (Å²) in [5, 5.41) is 0. The molecule has 4 heteroatoms. The van der Waals surface area contributed by atoms with E-state index in [0.717, 1.165) is 6.92 Å². The molecule has 0 heterocycles. The van der Waals surface area contributed by atoms with Crippen molar-refractivity contribution in [2.75, 3.05) is 5.88 Å². The van der Waals surface area contributed by atoms with Crippen LogP contribution in [-0.4, -0.2) is 17.6 Å². The van der Waals surface area contributed by atoms with Gasteiger partial charge in [0.1, 0.15) is 0 Å². The molecule has 0 saturated carbocycles. The molecule has 0 aromatic rings. The molecule has 0 atom stereocenters. The molecule has 0 aliphatic carbocycles. The second-order valence-corrected chi connectivity index (χ2v) is 1.66. The fourth-order valence-corrected chi connectivity index (χ4v) is 0.282. The Morgan fingerprint density at radius 3 is 2.12 bits per heavy atom. The standard InChI is InChI=1S/C4H5ClF2O/c1-3(8)4(6,7)2-5/h2H2,1H3. The molecule has 0 rings (SSSR count). The Bertz CT molecular complexity index is 102. The molecule has 8 heavy (non-hydrogen) atoms. The maximum absolute atomic E-state index is 11.8. The first kappa shape index (κ1) is 7.82. The topological polar surface area (TPSA) is 17.1 Å². The minimum absolute atomic E-state index is 0.808. The van der Waals surface area contributed by atoms with E-state index in [1.807, 2.05) is 0 Å². The number of rotatable bonds is 2. The normalized spacial score (nSPS) is 11.5. The molecule has 0 aliphatic heterocycles. The lowest BCUT2D eigenvalue weighted by Crippen LogP contribution is -2.27. The summed E-state index contributed by atoms with van der Waals surface area (Å²) >= 11 is 4.72. The number of Topliss-reactive ketones (excluding diaryl/α,β-unsaturated/α-hetero) is 1. The number of hydrogen-bond donors (Lipinski definition) is 0. The molecule has 0 aromatic carbocycles. The van der Waals surface area contributed by atoms with Crippen molar-refractivity contribution in [2.24, 2.45) is 0 Å². The average Bonchev–Trinajstić information content (AvgIpc) is 1.67. The lowest BCUT2D eigenvalue weighted by molar-refractivity contribution is -0.137. The summed E-state index contributed by atoms with van der Waals surface area (Å²) in [6.07, 6.45) is 0. The van der Waals surface area contributed by atoms with Gasteiger partial charge in [-0.05, 0) is 0 Å². The molecule has 0 fully saturated rings. The summed E-state index contributed by atoms with van der Waals surface area (Å²) < 4.78 is 23.6. The van der Waals surface area contributed by atoms with Crippen molar-refractivity contribution in [1.82, 2.24) is 0 Å². The molecule has 48 valence electrons. The van der Waals surface area contributed by atoms with Crippen LogP contribution in [0.4, 0.5) is 8.78 Å². The molecule has 0 aliphatic rings. The van der Waals surface area contributed by atoms with Crippen LogP contribution in [0.25, 0.3) is 0 Å². The van der Waals surface area contributed by atoms with Gasteiger partial charge >= 0.3 is 5.92 Å². The first-order valence-electron chi connectivity index (χ1n) is 1.95. The first-order chi connectivity index (χ1) is 3.50. The van der Waals surface area contributed by atoms with Crippen LogP contribution in [-0.2, 0) is 4.79 Å². The van der Waals surface area contributed by atoms with Crippen molar-refractivity contribution in [3.8, 4) is 0 Å². The maximum Gasteiger partial charge on any atom is 0.318 e. The van der Waals surface area contributed by atoms with E-state index in [1.54, 1.807) is 0 Å². The quantitative estimate of drug-likeness (QED) is 0.534. The maximum atomic E-state index is 11.8. The second kappa shape index (κ2) is 2.40. The summed E-state index contributed by atoms with van der Waals surface area (Å²) in [6, 6.07) is 0. The molecule has 0 unspecified atom stereocenters. The van der Waals surface area contributed by atoms with Crippen molar-refractivity contribution in [3.05, 3.63) is 0 Å². The molecular weight excluding hydrogens is 137 g/mol. The van der Waals surface area contributed by atoms with E-state index in [9.17, 15) is 13.6 Å². The Labute approximate surface area is 50.6 Å². The van der Waals surface area contributed by atoms with Crippen molar-refractivity contribution in [2.45, 2.75) is 12.8 Å². The molecule has 0 saturated heterocycles. The average molecular weight is 143 g/mol. The predicted octanol–water partition coefficient (Wildman–Crippen LogP) is 1.45. The highest BCUT2D eigenvalue weighted by atomic mass is 35.5. The number of ketones is 1. The number of carbonyl (C=O) groups excluding carboxylic acids is 1.